The Balaban J connectivity index is 2.76. The standard InChI is InChI=1S/C7H6ClFIN/c8-5-1-2-7(11-4-5)6(9)3-10/h1-3,11H,4H2/b6-3-. The van der Waals surface area contributed by atoms with Crippen molar-refractivity contribution in [3.05, 3.63) is 32.8 Å². The predicted molar refractivity (Wildman–Crippen MR) is 53.2 cm³/mol. The fourth-order valence-corrected chi connectivity index (χ4v) is 1.16. The minimum Gasteiger partial charge on any atom is -0.378 e. The minimum absolute atomic E-state index is 0.258. The fourth-order valence-electron chi connectivity index (χ4n) is 0.694. The van der Waals surface area contributed by atoms with Gasteiger partial charge in [-0.1, -0.05) is 11.6 Å². The summed E-state index contributed by atoms with van der Waals surface area (Å²) in [6.07, 6.45) is 3.31. The predicted octanol–water partition coefficient (Wildman–Crippen LogP) is 2.84. The van der Waals surface area contributed by atoms with E-state index in [0.29, 0.717) is 17.3 Å². The Morgan fingerprint density at radius 3 is 2.91 bits per heavy atom. The molecule has 0 amide bonds. The average Bonchev–Trinajstić information content (AvgIpc) is 2.05. The van der Waals surface area contributed by atoms with Gasteiger partial charge in [-0.05, 0) is 34.7 Å². The molecule has 0 saturated carbocycles. The summed E-state index contributed by atoms with van der Waals surface area (Å²) in [6.45, 7) is 0.505. The zero-order valence-electron chi connectivity index (χ0n) is 5.57. The van der Waals surface area contributed by atoms with Gasteiger partial charge in [-0.3, -0.25) is 0 Å². The number of dihydropyridines is 1. The first-order valence-corrected chi connectivity index (χ1v) is 4.63. The molecule has 0 aliphatic carbocycles. The van der Waals surface area contributed by atoms with Crippen molar-refractivity contribution in [1.29, 1.82) is 0 Å². The summed E-state index contributed by atoms with van der Waals surface area (Å²) < 4.78 is 14.2. The Morgan fingerprint density at radius 1 is 1.73 bits per heavy atom. The Bertz CT molecular complexity index is 245. The number of allylic oxidation sites excluding steroid dienone is 3. The Morgan fingerprint density at radius 2 is 2.45 bits per heavy atom. The van der Waals surface area contributed by atoms with Gasteiger partial charge in [0, 0.05) is 9.12 Å². The van der Waals surface area contributed by atoms with Crippen molar-refractivity contribution in [1.82, 2.24) is 5.32 Å². The molecule has 0 spiro atoms. The molecule has 1 aliphatic heterocycles. The third kappa shape index (κ3) is 2.48. The number of hydrogen-bond acceptors (Lipinski definition) is 1. The van der Waals surface area contributed by atoms with Gasteiger partial charge < -0.3 is 5.32 Å². The molecule has 0 aromatic carbocycles. The molecule has 11 heavy (non-hydrogen) atoms. The maximum absolute atomic E-state index is 12.8. The summed E-state index contributed by atoms with van der Waals surface area (Å²) in [4.78, 5) is 0. The molecule has 0 radical (unpaired) electrons. The van der Waals surface area contributed by atoms with E-state index in [9.17, 15) is 4.39 Å². The molecule has 1 heterocycles. The van der Waals surface area contributed by atoms with Crippen LogP contribution >= 0.6 is 34.2 Å². The van der Waals surface area contributed by atoms with Crippen molar-refractivity contribution >= 4 is 34.2 Å². The first-order valence-electron chi connectivity index (χ1n) is 3.00. The van der Waals surface area contributed by atoms with Gasteiger partial charge in [0.1, 0.15) is 0 Å². The van der Waals surface area contributed by atoms with Crippen molar-refractivity contribution in [3.63, 3.8) is 0 Å². The third-order valence-corrected chi connectivity index (χ3v) is 2.04. The van der Waals surface area contributed by atoms with E-state index >= 15 is 0 Å². The molecule has 0 atom stereocenters. The van der Waals surface area contributed by atoms with Crippen molar-refractivity contribution in [2.24, 2.45) is 0 Å². The van der Waals surface area contributed by atoms with E-state index in [2.05, 4.69) is 5.32 Å². The summed E-state index contributed by atoms with van der Waals surface area (Å²) in [5, 5.41) is 3.52. The molecule has 4 heteroatoms. The van der Waals surface area contributed by atoms with Crippen molar-refractivity contribution in [2.75, 3.05) is 6.54 Å². The second kappa shape index (κ2) is 4.11. The molecular formula is C7H6ClFIN. The highest BCUT2D eigenvalue weighted by molar-refractivity contribution is 14.1. The highest BCUT2D eigenvalue weighted by Gasteiger charge is 2.06. The van der Waals surface area contributed by atoms with Gasteiger partial charge in [0.05, 0.1) is 12.2 Å². The van der Waals surface area contributed by atoms with Gasteiger partial charge in [0.25, 0.3) is 0 Å². The van der Waals surface area contributed by atoms with Crippen LogP contribution < -0.4 is 5.32 Å². The van der Waals surface area contributed by atoms with Gasteiger partial charge in [-0.25, -0.2) is 4.39 Å². The van der Waals surface area contributed by atoms with Gasteiger partial charge >= 0.3 is 0 Å². The second-order valence-electron chi connectivity index (χ2n) is 2.00. The lowest BCUT2D eigenvalue weighted by Gasteiger charge is -2.11. The molecule has 0 fully saturated rings. The zero-order valence-corrected chi connectivity index (χ0v) is 8.49. The lowest BCUT2D eigenvalue weighted by Crippen LogP contribution is -2.17. The van der Waals surface area contributed by atoms with Crippen LogP contribution in [-0.2, 0) is 0 Å². The molecule has 1 nitrogen and oxygen atoms in total. The van der Waals surface area contributed by atoms with Crippen molar-refractivity contribution < 1.29 is 4.39 Å². The number of hydrogen-bond donors (Lipinski definition) is 1. The van der Waals surface area contributed by atoms with Crippen LogP contribution in [0.5, 0.6) is 0 Å². The van der Waals surface area contributed by atoms with Gasteiger partial charge in [-0.15, -0.1) is 0 Å². The lowest BCUT2D eigenvalue weighted by atomic mass is 10.3. The molecule has 0 saturated heterocycles. The van der Waals surface area contributed by atoms with E-state index in [1.165, 1.54) is 4.08 Å². The van der Waals surface area contributed by atoms with E-state index in [-0.39, 0.29) is 5.83 Å². The Labute approximate surface area is 83.1 Å². The highest BCUT2D eigenvalue weighted by atomic mass is 127. The Kier molecular flexibility index (Phi) is 3.39. The van der Waals surface area contributed by atoms with Crippen molar-refractivity contribution in [3.8, 4) is 0 Å². The maximum atomic E-state index is 12.8. The third-order valence-electron chi connectivity index (χ3n) is 1.23. The molecule has 0 bridgehead atoms. The summed E-state index contributed by atoms with van der Waals surface area (Å²) in [5.74, 6) is -0.258. The molecule has 1 rings (SSSR count). The van der Waals surface area contributed by atoms with Gasteiger partial charge in [0.2, 0.25) is 0 Å². The molecule has 0 aromatic rings. The smallest absolute Gasteiger partial charge is 0.152 e. The lowest BCUT2D eigenvalue weighted by molar-refractivity contribution is 0.629. The van der Waals surface area contributed by atoms with Crippen molar-refractivity contribution in [2.45, 2.75) is 0 Å². The van der Waals surface area contributed by atoms with Crippen LogP contribution in [-0.4, -0.2) is 6.54 Å². The van der Waals surface area contributed by atoms with E-state index in [1.54, 1.807) is 12.2 Å². The minimum atomic E-state index is -0.258. The fraction of sp³-hybridized carbons (Fsp3) is 0.143. The normalized spacial score (nSPS) is 18.6. The van der Waals surface area contributed by atoms with Crippen LogP contribution in [0.1, 0.15) is 0 Å². The molecular weight excluding hydrogens is 279 g/mol. The number of nitrogens with one attached hydrogen (secondary N) is 1. The summed E-state index contributed by atoms with van der Waals surface area (Å²) >= 11 is 7.49. The average molecular weight is 285 g/mol. The van der Waals surface area contributed by atoms with Crippen LogP contribution in [0.3, 0.4) is 0 Å². The molecule has 0 unspecified atom stereocenters. The summed E-state index contributed by atoms with van der Waals surface area (Å²) in [7, 11) is 0. The van der Waals surface area contributed by atoms with Crippen LogP contribution in [0, 0.1) is 0 Å². The summed E-state index contributed by atoms with van der Waals surface area (Å²) in [6, 6.07) is 0. The van der Waals surface area contributed by atoms with Gasteiger partial charge in [0.15, 0.2) is 5.83 Å². The van der Waals surface area contributed by atoms with E-state index < -0.39 is 0 Å². The van der Waals surface area contributed by atoms with Crippen LogP contribution in [0.4, 0.5) is 4.39 Å². The highest BCUT2D eigenvalue weighted by Crippen LogP contribution is 2.16. The number of halogens is 3. The molecule has 0 aromatic heterocycles. The SMILES string of the molecule is F/C(=C\I)C1=CC=C(Cl)CN1. The largest absolute Gasteiger partial charge is 0.378 e. The topological polar surface area (TPSA) is 12.0 Å². The molecule has 1 aliphatic rings. The van der Waals surface area contributed by atoms with E-state index in [0.717, 1.165) is 0 Å². The van der Waals surface area contributed by atoms with E-state index in [4.69, 9.17) is 11.6 Å². The van der Waals surface area contributed by atoms with Crippen LogP contribution in [0.15, 0.2) is 32.8 Å². The molecule has 60 valence electrons. The van der Waals surface area contributed by atoms with Crippen LogP contribution in [0.2, 0.25) is 0 Å². The first kappa shape index (κ1) is 9.06. The van der Waals surface area contributed by atoms with Gasteiger partial charge in [-0.2, -0.15) is 0 Å². The van der Waals surface area contributed by atoms with Crippen LogP contribution in [0.25, 0.3) is 0 Å². The molecule has 1 N–H and O–H groups in total. The zero-order chi connectivity index (χ0) is 8.27. The maximum Gasteiger partial charge on any atom is 0.152 e. The second-order valence-corrected chi connectivity index (χ2v) is 3.11. The Hall–Kier alpha value is -0.0300. The quantitative estimate of drug-likeness (QED) is 0.731. The monoisotopic (exact) mass is 285 g/mol. The first-order chi connectivity index (χ1) is 5.24. The number of rotatable bonds is 1. The van der Waals surface area contributed by atoms with E-state index in [1.807, 2.05) is 22.6 Å². The summed E-state index contributed by atoms with van der Waals surface area (Å²) in [5.41, 5.74) is 0.490.